The Morgan fingerprint density at radius 2 is 2.05 bits per heavy atom. The number of benzene rings is 1. The summed E-state index contributed by atoms with van der Waals surface area (Å²) < 4.78 is 6.83. The number of ether oxygens (including phenoxy) is 1. The summed E-state index contributed by atoms with van der Waals surface area (Å²) in [7, 11) is 1.59. The Bertz CT molecular complexity index is 511. The molecule has 0 saturated heterocycles. The third-order valence-electron chi connectivity index (χ3n) is 2.60. The van der Waals surface area contributed by atoms with Crippen molar-refractivity contribution in [3.8, 4) is 5.75 Å². The minimum Gasteiger partial charge on any atom is -0.497 e. The van der Waals surface area contributed by atoms with Crippen molar-refractivity contribution in [3.05, 3.63) is 36.2 Å². The fraction of sp³-hybridized carbons (Fsp3) is 0.357. The zero-order chi connectivity index (χ0) is 14.8. The fourth-order valence-corrected chi connectivity index (χ4v) is 1.62. The van der Waals surface area contributed by atoms with Crippen LogP contribution >= 0.6 is 12.6 Å². The van der Waals surface area contributed by atoms with Gasteiger partial charge in [-0.25, -0.2) is 0 Å². The first-order chi connectivity index (χ1) is 9.71. The number of rotatable bonds is 5. The van der Waals surface area contributed by atoms with Gasteiger partial charge in [-0.2, -0.15) is 0 Å². The van der Waals surface area contributed by atoms with E-state index in [9.17, 15) is 4.79 Å². The van der Waals surface area contributed by atoms with Gasteiger partial charge in [0.2, 0.25) is 0 Å². The van der Waals surface area contributed by atoms with E-state index in [2.05, 4.69) is 29.7 Å². The highest BCUT2D eigenvalue weighted by Gasteiger charge is 1.95. The van der Waals surface area contributed by atoms with Gasteiger partial charge in [-0.3, -0.25) is 4.79 Å². The van der Waals surface area contributed by atoms with Gasteiger partial charge in [-0.15, -0.1) is 22.8 Å². The molecule has 0 radical (unpaired) electrons. The van der Waals surface area contributed by atoms with E-state index in [1.807, 2.05) is 4.57 Å². The number of carbonyl (C=O) groups excluding carboxylic acids is 1. The molecular weight excluding hydrogens is 274 g/mol. The third-order valence-corrected chi connectivity index (χ3v) is 2.95. The summed E-state index contributed by atoms with van der Waals surface area (Å²) in [6.45, 7) is 3.13. The van der Waals surface area contributed by atoms with Crippen LogP contribution < -0.4 is 4.74 Å². The zero-order valence-corrected chi connectivity index (χ0v) is 12.6. The Morgan fingerprint density at radius 1 is 1.35 bits per heavy atom. The molecule has 1 aromatic heterocycles. The summed E-state index contributed by atoms with van der Waals surface area (Å²) in [5, 5.41) is 8.16. The number of methoxy groups -OCH3 is 1. The van der Waals surface area contributed by atoms with Crippen molar-refractivity contribution < 1.29 is 9.53 Å². The molecule has 2 aromatic rings. The molecule has 0 aliphatic heterocycles. The zero-order valence-electron chi connectivity index (χ0n) is 11.7. The summed E-state index contributed by atoms with van der Waals surface area (Å²) in [6, 6.07) is 6.94. The predicted octanol–water partition coefficient (Wildman–Crippen LogP) is 2.87. The van der Waals surface area contributed by atoms with Gasteiger partial charge in [0.05, 0.1) is 7.11 Å². The molecule has 0 unspecified atom stereocenters. The number of aldehydes is 1. The molecule has 20 heavy (non-hydrogen) atoms. The first kappa shape index (κ1) is 16.2. The van der Waals surface area contributed by atoms with Crippen molar-refractivity contribution in [2.75, 3.05) is 7.11 Å². The van der Waals surface area contributed by atoms with Crippen LogP contribution in [0.5, 0.6) is 5.75 Å². The van der Waals surface area contributed by atoms with E-state index >= 15 is 0 Å². The molecule has 2 rings (SSSR count). The minimum absolute atomic E-state index is 0.667. The lowest BCUT2D eigenvalue weighted by molar-refractivity contribution is 0.112. The van der Waals surface area contributed by atoms with Gasteiger partial charge in [0, 0.05) is 12.1 Å². The maximum absolute atomic E-state index is 10.2. The maximum atomic E-state index is 10.2. The van der Waals surface area contributed by atoms with E-state index in [0.717, 1.165) is 25.0 Å². The van der Waals surface area contributed by atoms with Crippen molar-refractivity contribution >= 4 is 18.9 Å². The van der Waals surface area contributed by atoms with Gasteiger partial charge in [-0.05, 0) is 30.7 Å². The van der Waals surface area contributed by atoms with Crippen molar-refractivity contribution in [1.82, 2.24) is 14.8 Å². The number of hydrogen-bond acceptors (Lipinski definition) is 5. The molecule has 1 heterocycles. The van der Waals surface area contributed by atoms with E-state index in [-0.39, 0.29) is 0 Å². The lowest BCUT2D eigenvalue weighted by Crippen LogP contribution is -1.95. The van der Waals surface area contributed by atoms with E-state index in [0.29, 0.717) is 10.7 Å². The molecule has 6 heteroatoms. The maximum Gasteiger partial charge on any atom is 0.187 e. The van der Waals surface area contributed by atoms with E-state index < -0.39 is 0 Å². The second kappa shape index (κ2) is 9.14. The van der Waals surface area contributed by atoms with Crippen LogP contribution in [0, 0.1) is 0 Å². The molecule has 108 valence electrons. The smallest absolute Gasteiger partial charge is 0.187 e. The Balaban J connectivity index is 0.000000200. The van der Waals surface area contributed by atoms with Crippen LogP contribution in [0.2, 0.25) is 0 Å². The van der Waals surface area contributed by atoms with Crippen molar-refractivity contribution in [2.24, 2.45) is 0 Å². The van der Waals surface area contributed by atoms with Crippen LogP contribution in [0.25, 0.3) is 0 Å². The average molecular weight is 293 g/mol. The monoisotopic (exact) mass is 293 g/mol. The van der Waals surface area contributed by atoms with Gasteiger partial charge < -0.3 is 9.30 Å². The van der Waals surface area contributed by atoms with E-state index in [1.54, 1.807) is 37.7 Å². The number of nitrogens with zero attached hydrogens (tertiary/aromatic N) is 3. The second-order valence-corrected chi connectivity index (χ2v) is 4.47. The molecule has 0 bridgehead atoms. The van der Waals surface area contributed by atoms with Gasteiger partial charge in [0.1, 0.15) is 18.4 Å². The first-order valence-electron chi connectivity index (χ1n) is 6.37. The molecule has 5 nitrogen and oxygen atoms in total. The normalized spacial score (nSPS) is 9.55. The third kappa shape index (κ3) is 5.44. The van der Waals surface area contributed by atoms with Gasteiger partial charge >= 0.3 is 0 Å². The average Bonchev–Trinajstić information content (AvgIpc) is 2.91. The van der Waals surface area contributed by atoms with Crippen LogP contribution in [0.4, 0.5) is 0 Å². The standard InChI is InChI=1S/C8H8O2.C6H11N3S/c1-10-8-4-2-7(6-9)3-5-8;1-2-3-4-9-5-7-8-6(9)10/h2-6H,1H3;5H,2-4H2,1H3,(H,8,10). The number of thiol groups is 1. The van der Waals surface area contributed by atoms with Gasteiger partial charge in [-0.1, -0.05) is 13.3 Å². The van der Waals surface area contributed by atoms with Gasteiger partial charge in [0.25, 0.3) is 0 Å². The fourth-order valence-electron chi connectivity index (χ4n) is 1.42. The number of aromatic nitrogens is 3. The summed E-state index contributed by atoms with van der Waals surface area (Å²) >= 11 is 4.11. The van der Waals surface area contributed by atoms with Crippen LogP contribution in [0.15, 0.2) is 35.7 Å². The quantitative estimate of drug-likeness (QED) is 0.680. The lowest BCUT2D eigenvalue weighted by atomic mass is 10.2. The number of carbonyl (C=O) groups is 1. The van der Waals surface area contributed by atoms with Gasteiger partial charge in [0.15, 0.2) is 5.16 Å². The second-order valence-electron chi connectivity index (χ2n) is 4.07. The molecule has 0 amide bonds. The molecule has 0 saturated carbocycles. The van der Waals surface area contributed by atoms with Crippen LogP contribution in [0.1, 0.15) is 30.1 Å². The largest absolute Gasteiger partial charge is 0.497 e. The SMILES string of the molecule is CCCCn1cnnc1S.COc1ccc(C=O)cc1. The van der Waals surface area contributed by atoms with Crippen molar-refractivity contribution in [3.63, 3.8) is 0 Å². The highest BCUT2D eigenvalue weighted by atomic mass is 32.1. The van der Waals surface area contributed by atoms with Crippen LogP contribution in [0.3, 0.4) is 0 Å². The van der Waals surface area contributed by atoms with Crippen molar-refractivity contribution in [2.45, 2.75) is 31.5 Å². The van der Waals surface area contributed by atoms with E-state index in [4.69, 9.17) is 4.74 Å². The molecule has 0 spiro atoms. The summed E-state index contributed by atoms with van der Waals surface area (Å²) in [5.74, 6) is 0.769. The Kier molecular flexibility index (Phi) is 7.42. The number of unbranched alkanes of at least 4 members (excludes halogenated alkanes) is 1. The molecule has 0 N–H and O–H groups in total. The minimum atomic E-state index is 0.667. The van der Waals surface area contributed by atoms with Crippen LogP contribution in [-0.2, 0) is 6.54 Å². The highest BCUT2D eigenvalue weighted by molar-refractivity contribution is 7.80. The Hall–Kier alpha value is -1.82. The lowest BCUT2D eigenvalue weighted by Gasteiger charge is -1.98. The number of aryl methyl sites for hydroxylation is 1. The number of hydrogen-bond donors (Lipinski definition) is 1. The van der Waals surface area contributed by atoms with E-state index in [1.165, 1.54) is 6.42 Å². The molecule has 0 atom stereocenters. The van der Waals surface area contributed by atoms with Crippen LogP contribution in [-0.4, -0.2) is 28.2 Å². The molecular formula is C14H19N3O2S. The summed E-state index contributed by atoms with van der Waals surface area (Å²) in [6.07, 6.45) is 4.86. The predicted molar refractivity (Wildman–Crippen MR) is 80.6 cm³/mol. The first-order valence-corrected chi connectivity index (χ1v) is 6.82. The molecule has 0 aliphatic carbocycles. The topological polar surface area (TPSA) is 57.0 Å². The molecule has 1 aromatic carbocycles. The molecule has 0 aliphatic rings. The highest BCUT2D eigenvalue weighted by Crippen LogP contribution is 2.09. The Morgan fingerprint density at radius 3 is 2.50 bits per heavy atom. The molecule has 0 fully saturated rings. The summed E-state index contributed by atoms with van der Waals surface area (Å²) in [5.41, 5.74) is 0.667. The Labute approximate surface area is 124 Å². The summed E-state index contributed by atoms with van der Waals surface area (Å²) in [4.78, 5) is 10.2. The van der Waals surface area contributed by atoms with Crippen molar-refractivity contribution in [1.29, 1.82) is 0 Å².